The van der Waals surface area contributed by atoms with Crippen LogP contribution < -0.4 is 4.87 Å². The summed E-state index contributed by atoms with van der Waals surface area (Å²) in [7, 11) is 0. The van der Waals surface area contributed by atoms with Crippen LogP contribution in [0.2, 0.25) is 0 Å². The number of H-pyrrole nitrogens is 1. The second-order valence-electron chi connectivity index (χ2n) is 2.36. The van der Waals surface area contributed by atoms with Crippen molar-refractivity contribution in [3.05, 3.63) is 20.2 Å². The molecule has 0 aliphatic carbocycles. The predicted octanol–water partition coefficient (Wildman–Crippen LogP) is 1.86. The average Bonchev–Trinajstić information content (AvgIpc) is 2.08. The van der Waals surface area contributed by atoms with Gasteiger partial charge in [0.05, 0.1) is 4.88 Å². The number of nitrogens with one attached hydrogen (secondary N) is 1. The molecule has 1 rings (SSSR count). The lowest BCUT2D eigenvalue weighted by atomic mass is 10.3. The van der Waals surface area contributed by atoms with Gasteiger partial charge in [0.2, 0.25) is 0 Å². The summed E-state index contributed by atoms with van der Waals surface area (Å²) in [6, 6.07) is 0. The quantitative estimate of drug-likeness (QED) is 0.701. The van der Waals surface area contributed by atoms with Crippen molar-refractivity contribution in [1.29, 1.82) is 0 Å². The van der Waals surface area contributed by atoms with Crippen LogP contribution in [-0.4, -0.2) is 4.98 Å². The molecular weight excluding hydrogens is 172 g/mol. The van der Waals surface area contributed by atoms with Gasteiger partial charge in [-0.1, -0.05) is 11.3 Å². The van der Waals surface area contributed by atoms with E-state index in [-0.39, 0.29) is 10.6 Å². The van der Waals surface area contributed by atoms with Crippen LogP contribution in [0.4, 0.5) is 8.78 Å². The molecule has 1 heterocycles. The molecule has 1 aromatic heterocycles. The van der Waals surface area contributed by atoms with Crippen LogP contribution in [-0.2, 0) is 5.92 Å². The molecule has 0 radical (unpaired) electrons. The predicted molar refractivity (Wildman–Crippen MR) is 39.2 cm³/mol. The molecular formula is C6H7F2NOS. The largest absolute Gasteiger partial charge is 0.316 e. The lowest BCUT2D eigenvalue weighted by Gasteiger charge is -2.06. The Kier molecular flexibility index (Phi) is 1.83. The Morgan fingerprint density at radius 2 is 2.09 bits per heavy atom. The van der Waals surface area contributed by atoms with E-state index in [1.807, 2.05) is 0 Å². The number of hydrogen-bond acceptors (Lipinski definition) is 2. The standard InChI is InChI=1S/C6H7F2NOS/c1-3-4(6(2,7)8)11-5(10)9-3/h1-2H3,(H,9,10). The summed E-state index contributed by atoms with van der Waals surface area (Å²) in [6.07, 6.45) is 0. The molecule has 0 aliphatic heterocycles. The van der Waals surface area contributed by atoms with Crippen molar-refractivity contribution in [1.82, 2.24) is 4.98 Å². The molecule has 11 heavy (non-hydrogen) atoms. The van der Waals surface area contributed by atoms with Crippen molar-refractivity contribution in [3.63, 3.8) is 0 Å². The highest BCUT2D eigenvalue weighted by Crippen LogP contribution is 2.30. The first-order chi connectivity index (χ1) is 4.91. The smallest absolute Gasteiger partial charge is 0.305 e. The maximum Gasteiger partial charge on any atom is 0.305 e. The van der Waals surface area contributed by atoms with E-state index in [0.29, 0.717) is 11.3 Å². The van der Waals surface area contributed by atoms with Crippen molar-refractivity contribution in [2.45, 2.75) is 19.8 Å². The Balaban J connectivity index is 3.24. The Labute approximate surface area is 65.9 Å². The minimum atomic E-state index is -2.91. The number of hydrogen-bond donors (Lipinski definition) is 1. The summed E-state index contributed by atoms with van der Waals surface area (Å²) < 4.78 is 25.2. The molecule has 1 N–H and O–H groups in total. The second kappa shape index (κ2) is 2.41. The van der Waals surface area contributed by atoms with Crippen molar-refractivity contribution >= 4 is 11.3 Å². The van der Waals surface area contributed by atoms with Crippen LogP contribution in [0.5, 0.6) is 0 Å². The first-order valence-corrected chi connectivity index (χ1v) is 3.81. The number of thiazole rings is 1. The van der Waals surface area contributed by atoms with Crippen LogP contribution in [0, 0.1) is 6.92 Å². The third-order valence-corrected chi connectivity index (χ3v) is 2.38. The Morgan fingerprint density at radius 1 is 1.55 bits per heavy atom. The van der Waals surface area contributed by atoms with Crippen LogP contribution in [0.1, 0.15) is 17.5 Å². The third-order valence-electron chi connectivity index (χ3n) is 1.22. The highest BCUT2D eigenvalue weighted by Gasteiger charge is 2.29. The van der Waals surface area contributed by atoms with E-state index in [9.17, 15) is 13.6 Å². The van der Waals surface area contributed by atoms with Gasteiger partial charge in [-0.05, 0) is 6.92 Å². The molecule has 0 amide bonds. The van der Waals surface area contributed by atoms with Gasteiger partial charge in [-0.25, -0.2) is 8.78 Å². The maximum atomic E-state index is 12.6. The summed E-state index contributed by atoms with van der Waals surface area (Å²) in [4.78, 5) is 12.3. The minimum absolute atomic E-state index is 0.178. The molecule has 2 nitrogen and oxygen atoms in total. The first kappa shape index (κ1) is 8.39. The summed E-state index contributed by atoms with van der Waals surface area (Å²) in [5.74, 6) is -2.91. The lowest BCUT2D eigenvalue weighted by Crippen LogP contribution is -2.05. The highest BCUT2D eigenvalue weighted by atomic mass is 32.1. The summed E-state index contributed by atoms with van der Waals surface area (Å²) in [5, 5.41) is 0. The fraction of sp³-hybridized carbons (Fsp3) is 0.500. The SMILES string of the molecule is Cc1[nH]c(=O)sc1C(C)(F)F. The lowest BCUT2D eigenvalue weighted by molar-refractivity contribution is 0.0207. The summed E-state index contributed by atoms with van der Waals surface area (Å²) in [5.41, 5.74) is 0.257. The van der Waals surface area contributed by atoms with Gasteiger partial charge in [-0.15, -0.1) is 0 Å². The Hall–Kier alpha value is -0.710. The molecule has 0 fully saturated rings. The van der Waals surface area contributed by atoms with Crippen molar-refractivity contribution in [3.8, 4) is 0 Å². The fourth-order valence-electron chi connectivity index (χ4n) is 0.823. The number of aromatic nitrogens is 1. The maximum absolute atomic E-state index is 12.6. The molecule has 62 valence electrons. The number of halogens is 2. The van der Waals surface area contributed by atoms with Gasteiger partial charge in [0.15, 0.2) is 0 Å². The Morgan fingerprint density at radius 3 is 2.27 bits per heavy atom. The highest BCUT2D eigenvalue weighted by molar-refractivity contribution is 7.09. The van der Waals surface area contributed by atoms with Crippen LogP contribution >= 0.6 is 11.3 Å². The van der Waals surface area contributed by atoms with Gasteiger partial charge in [-0.2, -0.15) is 0 Å². The van der Waals surface area contributed by atoms with Crippen molar-refractivity contribution < 1.29 is 8.78 Å². The van der Waals surface area contributed by atoms with E-state index < -0.39 is 10.8 Å². The Bertz CT molecular complexity index is 309. The third kappa shape index (κ3) is 1.65. The molecule has 0 saturated carbocycles. The van der Waals surface area contributed by atoms with Crippen LogP contribution in [0.25, 0.3) is 0 Å². The van der Waals surface area contributed by atoms with Gasteiger partial charge < -0.3 is 4.98 Å². The summed E-state index contributed by atoms with van der Waals surface area (Å²) in [6.45, 7) is 2.24. The van der Waals surface area contributed by atoms with E-state index in [0.717, 1.165) is 6.92 Å². The van der Waals surface area contributed by atoms with E-state index in [2.05, 4.69) is 4.98 Å². The van der Waals surface area contributed by atoms with E-state index >= 15 is 0 Å². The van der Waals surface area contributed by atoms with E-state index in [1.165, 1.54) is 6.92 Å². The van der Waals surface area contributed by atoms with Gasteiger partial charge >= 0.3 is 4.87 Å². The van der Waals surface area contributed by atoms with Gasteiger partial charge in [0.25, 0.3) is 5.92 Å². The molecule has 1 aromatic rings. The zero-order valence-electron chi connectivity index (χ0n) is 6.07. The number of aromatic amines is 1. The molecule has 0 unspecified atom stereocenters. The number of aryl methyl sites for hydroxylation is 1. The van der Waals surface area contributed by atoms with Crippen LogP contribution in [0.3, 0.4) is 0 Å². The summed E-state index contributed by atoms with van der Waals surface area (Å²) >= 11 is 0.560. The van der Waals surface area contributed by atoms with Crippen molar-refractivity contribution in [2.75, 3.05) is 0 Å². The normalized spacial score (nSPS) is 12.0. The first-order valence-electron chi connectivity index (χ1n) is 2.99. The van der Waals surface area contributed by atoms with Crippen molar-refractivity contribution in [2.24, 2.45) is 0 Å². The van der Waals surface area contributed by atoms with Gasteiger partial charge in [-0.3, -0.25) is 4.79 Å². The number of rotatable bonds is 1. The zero-order valence-corrected chi connectivity index (χ0v) is 6.89. The van der Waals surface area contributed by atoms with E-state index in [4.69, 9.17) is 0 Å². The van der Waals surface area contributed by atoms with Gasteiger partial charge in [0.1, 0.15) is 0 Å². The fourth-order valence-corrected chi connectivity index (χ4v) is 1.60. The van der Waals surface area contributed by atoms with E-state index in [1.54, 1.807) is 0 Å². The zero-order chi connectivity index (χ0) is 8.65. The average molecular weight is 179 g/mol. The molecule has 0 saturated heterocycles. The number of alkyl halides is 2. The van der Waals surface area contributed by atoms with Crippen LogP contribution in [0.15, 0.2) is 4.79 Å². The minimum Gasteiger partial charge on any atom is -0.316 e. The monoisotopic (exact) mass is 179 g/mol. The second-order valence-corrected chi connectivity index (χ2v) is 3.34. The van der Waals surface area contributed by atoms with Gasteiger partial charge in [0, 0.05) is 12.6 Å². The molecule has 0 spiro atoms. The molecule has 0 atom stereocenters. The molecule has 0 bridgehead atoms. The molecule has 0 aliphatic rings. The molecule has 5 heteroatoms. The topological polar surface area (TPSA) is 32.9 Å². The molecule has 0 aromatic carbocycles.